The van der Waals surface area contributed by atoms with Gasteiger partial charge in [-0.25, -0.2) is 0 Å². The van der Waals surface area contributed by atoms with E-state index in [4.69, 9.17) is 9.47 Å². The molecule has 0 radical (unpaired) electrons. The van der Waals surface area contributed by atoms with Crippen molar-refractivity contribution in [2.45, 2.75) is 32.7 Å². The van der Waals surface area contributed by atoms with Gasteiger partial charge in [-0.2, -0.15) is 0 Å². The fourth-order valence-electron chi connectivity index (χ4n) is 3.13. The first-order valence-corrected chi connectivity index (χ1v) is 9.27. The van der Waals surface area contributed by atoms with E-state index in [-0.39, 0.29) is 30.7 Å². The van der Waals surface area contributed by atoms with Crippen molar-refractivity contribution in [2.75, 3.05) is 31.2 Å². The molecule has 0 bridgehead atoms. The average Bonchev–Trinajstić information content (AvgIpc) is 3.07. The monoisotopic (exact) mass is 375 g/mol. The molecule has 3 rings (SSSR count). The number of hydrogen-bond donors (Lipinski definition) is 2. The number of hydrogen-bond acceptors (Lipinski definition) is 5. The number of anilines is 1. The minimum absolute atomic E-state index is 0.115. The van der Waals surface area contributed by atoms with Crippen molar-refractivity contribution in [1.29, 1.82) is 0 Å². The highest BCUT2D eigenvalue weighted by atomic mass is 16.6. The number of ether oxygens (including phenoxy) is 2. The van der Waals surface area contributed by atoms with Crippen LogP contribution in [0.2, 0.25) is 0 Å². The largest absolute Gasteiger partial charge is 0.486 e. The zero-order valence-electron chi connectivity index (χ0n) is 15.6. The lowest BCUT2D eigenvalue weighted by Gasteiger charge is -2.22. The molecule has 1 fully saturated rings. The van der Waals surface area contributed by atoms with Crippen molar-refractivity contribution in [1.82, 2.24) is 10.6 Å². The van der Waals surface area contributed by atoms with Gasteiger partial charge in [0.1, 0.15) is 19.3 Å². The lowest BCUT2D eigenvalue weighted by atomic mass is 10.1. The topological polar surface area (TPSA) is 97.0 Å². The van der Waals surface area contributed by atoms with Crippen molar-refractivity contribution >= 4 is 23.4 Å². The average molecular weight is 375 g/mol. The molecule has 0 aromatic heterocycles. The molecule has 2 N–H and O–H groups in total. The Morgan fingerprint density at radius 3 is 2.74 bits per heavy atom. The fraction of sp³-hybridized carbons (Fsp3) is 0.526. The lowest BCUT2D eigenvalue weighted by molar-refractivity contribution is -0.130. The van der Waals surface area contributed by atoms with Gasteiger partial charge in [0.05, 0.1) is 5.92 Å². The van der Waals surface area contributed by atoms with Crippen molar-refractivity contribution in [3.05, 3.63) is 18.2 Å². The molecule has 0 spiro atoms. The normalized spacial score (nSPS) is 19.6. The van der Waals surface area contributed by atoms with E-state index in [9.17, 15) is 14.4 Å². The molecular formula is C19H25N3O5. The third-order valence-electron chi connectivity index (χ3n) is 4.63. The zero-order chi connectivity index (χ0) is 19.4. The molecule has 8 heteroatoms. The third kappa shape index (κ3) is 4.32. The molecule has 2 aliphatic heterocycles. The maximum atomic E-state index is 12.5. The van der Waals surface area contributed by atoms with Gasteiger partial charge >= 0.3 is 0 Å². The first-order chi connectivity index (χ1) is 13.0. The molecule has 2 heterocycles. The zero-order valence-corrected chi connectivity index (χ0v) is 15.6. The molecule has 0 unspecified atom stereocenters. The maximum Gasteiger partial charge on any atom is 0.242 e. The number of nitrogens with one attached hydrogen (secondary N) is 2. The van der Waals surface area contributed by atoms with Gasteiger partial charge in [0, 0.05) is 31.3 Å². The Hall–Kier alpha value is -2.77. The predicted molar refractivity (Wildman–Crippen MR) is 98.8 cm³/mol. The Kier molecular flexibility index (Phi) is 5.83. The summed E-state index contributed by atoms with van der Waals surface area (Å²) in [5.41, 5.74) is 0.674. The molecule has 1 saturated heterocycles. The summed E-state index contributed by atoms with van der Waals surface area (Å²) in [5, 5.41) is 5.44. The molecular weight excluding hydrogens is 350 g/mol. The summed E-state index contributed by atoms with van der Waals surface area (Å²) in [7, 11) is 0. The molecule has 1 aromatic rings. The van der Waals surface area contributed by atoms with E-state index in [0.29, 0.717) is 36.9 Å². The van der Waals surface area contributed by atoms with Crippen molar-refractivity contribution in [3.8, 4) is 11.5 Å². The Balaban J connectivity index is 1.61. The lowest BCUT2D eigenvalue weighted by Crippen LogP contribution is -2.47. The van der Waals surface area contributed by atoms with Crippen LogP contribution in [-0.4, -0.2) is 50.1 Å². The van der Waals surface area contributed by atoms with Crippen LogP contribution in [0.25, 0.3) is 0 Å². The second-order valence-electron chi connectivity index (χ2n) is 6.75. The van der Waals surface area contributed by atoms with Crippen LogP contribution in [0.3, 0.4) is 0 Å². The molecule has 2 aliphatic rings. The smallest absolute Gasteiger partial charge is 0.242 e. The van der Waals surface area contributed by atoms with Gasteiger partial charge in [0.15, 0.2) is 11.5 Å². The van der Waals surface area contributed by atoms with Gasteiger partial charge in [0.25, 0.3) is 0 Å². The number of carbonyl (C=O) groups is 3. The van der Waals surface area contributed by atoms with Crippen molar-refractivity contribution in [3.63, 3.8) is 0 Å². The Labute approximate surface area is 158 Å². The van der Waals surface area contributed by atoms with E-state index in [1.54, 1.807) is 30.0 Å². The van der Waals surface area contributed by atoms with Crippen LogP contribution in [0.5, 0.6) is 11.5 Å². The quantitative estimate of drug-likeness (QED) is 0.768. The van der Waals surface area contributed by atoms with Crippen LogP contribution in [0.4, 0.5) is 5.69 Å². The highest BCUT2D eigenvalue weighted by molar-refractivity contribution is 6.01. The van der Waals surface area contributed by atoms with E-state index in [1.165, 1.54) is 0 Å². The number of nitrogens with zero attached hydrogens (tertiary/aromatic N) is 1. The molecule has 0 aliphatic carbocycles. The molecule has 27 heavy (non-hydrogen) atoms. The van der Waals surface area contributed by atoms with Gasteiger partial charge in [-0.1, -0.05) is 6.92 Å². The van der Waals surface area contributed by atoms with Crippen LogP contribution in [0, 0.1) is 5.92 Å². The van der Waals surface area contributed by atoms with E-state index < -0.39 is 12.0 Å². The highest BCUT2D eigenvalue weighted by Gasteiger charge is 2.36. The Morgan fingerprint density at radius 2 is 2.00 bits per heavy atom. The molecule has 3 amide bonds. The second-order valence-corrected chi connectivity index (χ2v) is 6.75. The van der Waals surface area contributed by atoms with E-state index in [0.717, 1.165) is 6.42 Å². The summed E-state index contributed by atoms with van der Waals surface area (Å²) in [6, 6.07) is 4.67. The standard InChI is InChI=1S/C19H25N3O5/c1-3-6-20-18(24)12(2)21-19(25)13-9-17(23)22(11-13)14-4-5-15-16(10-14)27-8-7-26-15/h4-5,10,12-13H,3,6-9,11H2,1-2H3,(H,20,24)(H,21,25)/t12-,13+/m1/s1. The highest BCUT2D eigenvalue weighted by Crippen LogP contribution is 2.35. The second kappa shape index (κ2) is 8.28. The van der Waals surface area contributed by atoms with Crippen LogP contribution < -0.4 is 25.0 Å². The van der Waals surface area contributed by atoms with Crippen LogP contribution in [0.1, 0.15) is 26.7 Å². The van der Waals surface area contributed by atoms with Gasteiger partial charge in [-0.3, -0.25) is 14.4 Å². The van der Waals surface area contributed by atoms with Crippen LogP contribution >= 0.6 is 0 Å². The number of benzene rings is 1. The summed E-state index contributed by atoms with van der Waals surface area (Å²) < 4.78 is 11.0. The predicted octanol–water partition coefficient (Wildman–Crippen LogP) is 0.842. The summed E-state index contributed by atoms with van der Waals surface area (Å²) in [6.07, 6.45) is 0.942. The fourth-order valence-corrected chi connectivity index (χ4v) is 3.13. The van der Waals surface area contributed by atoms with Crippen molar-refractivity contribution < 1.29 is 23.9 Å². The van der Waals surface area contributed by atoms with E-state index in [1.807, 2.05) is 6.92 Å². The number of amides is 3. The van der Waals surface area contributed by atoms with Gasteiger partial charge < -0.3 is 25.0 Å². The van der Waals surface area contributed by atoms with Gasteiger partial charge in [0.2, 0.25) is 17.7 Å². The first-order valence-electron chi connectivity index (χ1n) is 9.27. The maximum absolute atomic E-state index is 12.5. The SMILES string of the molecule is CCCNC(=O)[C@@H](C)NC(=O)[C@H]1CC(=O)N(c2ccc3c(c2)OCCO3)C1. The molecule has 1 aromatic carbocycles. The molecule has 2 atom stereocenters. The molecule has 0 saturated carbocycles. The number of fused-ring (bicyclic) bond motifs is 1. The summed E-state index contributed by atoms with van der Waals surface area (Å²) in [5.74, 6) is 0.112. The summed E-state index contributed by atoms with van der Waals surface area (Å²) in [6.45, 7) is 5.40. The summed E-state index contributed by atoms with van der Waals surface area (Å²) in [4.78, 5) is 38.4. The van der Waals surface area contributed by atoms with Gasteiger partial charge in [-0.15, -0.1) is 0 Å². The Morgan fingerprint density at radius 1 is 1.26 bits per heavy atom. The van der Waals surface area contributed by atoms with Gasteiger partial charge in [-0.05, 0) is 25.5 Å². The van der Waals surface area contributed by atoms with Crippen molar-refractivity contribution in [2.24, 2.45) is 5.92 Å². The summed E-state index contributed by atoms with van der Waals surface area (Å²) >= 11 is 0. The number of rotatable bonds is 6. The molecule has 8 nitrogen and oxygen atoms in total. The minimum Gasteiger partial charge on any atom is -0.486 e. The Bertz CT molecular complexity index is 736. The minimum atomic E-state index is -0.637. The van der Waals surface area contributed by atoms with E-state index in [2.05, 4.69) is 10.6 Å². The molecule has 146 valence electrons. The number of carbonyl (C=O) groups excluding carboxylic acids is 3. The van der Waals surface area contributed by atoms with Crippen LogP contribution in [0.15, 0.2) is 18.2 Å². The third-order valence-corrected chi connectivity index (χ3v) is 4.63. The van der Waals surface area contributed by atoms with E-state index >= 15 is 0 Å². The van der Waals surface area contributed by atoms with Crippen LogP contribution in [-0.2, 0) is 14.4 Å². The first kappa shape index (κ1) is 19.0.